The molecule has 2 amide bonds. The summed E-state index contributed by atoms with van der Waals surface area (Å²) in [6.45, 7) is 9.89. The fraction of sp³-hybridized carbons (Fsp3) is 0.882. The summed E-state index contributed by atoms with van der Waals surface area (Å²) >= 11 is 0. The number of likely N-dealkylation sites (tertiary alicyclic amines) is 1. The third kappa shape index (κ3) is 2.61. The summed E-state index contributed by atoms with van der Waals surface area (Å²) < 4.78 is 5.32. The summed E-state index contributed by atoms with van der Waals surface area (Å²) in [6, 6.07) is 0. The SMILES string of the molecule is CC1(C)[C@@H]2CC[C@@]1(C)C(=O)N(C[C@@H](O)C[NH+]1CCOCC1)C2=O. The molecule has 0 aromatic carbocycles. The number of ether oxygens (including phenoxy) is 1. The number of piperidine rings is 1. The van der Waals surface area contributed by atoms with E-state index in [9.17, 15) is 14.7 Å². The number of rotatable bonds is 4. The highest BCUT2D eigenvalue weighted by Crippen LogP contribution is 2.59. The van der Waals surface area contributed by atoms with E-state index in [0.717, 1.165) is 25.9 Å². The molecular weight excluding hydrogens is 296 g/mol. The zero-order valence-electron chi connectivity index (χ0n) is 14.4. The number of carbonyl (C=O) groups is 2. The van der Waals surface area contributed by atoms with Gasteiger partial charge in [-0.05, 0) is 18.3 Å². The van der Waals surface area contributed by atoms with E-state index in [2.05, 4.69) is 0 Å². The maximum Gasteiger partial charge on any atom is 0.235 e. The number of imide groups is 1. The number of quaternary nitrogens is 1. The van der Waals surface area contributed by atoms with Crippen LogP contribution in [0.15, 0.2) is 0 Å². The van der Waals surface area contributed by atoms with Gasteiger partial charge in [0.25, 0.3) is 0 Å². The number of nitrogens with one attached hydrogen (secondary N) is 1. The molecule has 3 fully saturated rings. The minimum absolute atomic E-state index is 0.0917. The van der Waals surface area contributed by atoms with Crippen LogP contribution in [0.1, 0.15) is 33.6 Å². The summed E-state index contributed by atoms with van der Waals surface area (Å²) in [5.74, 6) is -0.295. The van der Waals surface area contributed by atoms with Crippen molar-refractivity contribution in [1.82, 2.24) is 4.90 Å². The molecule has 0 spiro atoms. The Balaban J connectivity index is 1.68. The average Bonchev–Trinajstić information content (AvgIpc) is 2.70. The molecule has 3 rings (SSSR count). The van der Waals surface area contributed by atoms with Crippen molar-refractivity contribution in [3.05, 3.63) is 0 Å². The molecule has 1 saturated carbocycles. The number of aliphatic hydroxyl groups excluding tert-OH is 1. The molecule has 130 valence electrons. The summed E-state index contributed by atoms with van der Waals surface area (Å²) in [5.41, 5.74) is -0.783. The van der Waals surface area contributed by atoms with Crippen molar-refractivity contribution in [2.45, 2.75) is 39.7 Å². The van der Waals surface area contributed by atoms with Gasteiger partial charge in [-0.1, -0.05) is 20.8 Å². The maximum absolute atomic E-state index is 12.9. The highest BCUT2D eigenvalue weighted by Gasteiger charge is 2.64. The third-order valence-corrected chi connectivity index (χ3v) is 6.63. The maximum atomic E-state index is 12.9. The van der Waals surface area contributed by atoms with Gasteiger partial charge in [0.2, 0.25) is 11.8 Å². The number of amides is 2. The first-order valence-electron chi connectivity index (χ1n) is 8.72. The van der Waals surface area contributed by atoms with Gasteiger partial charge in [-0.2, -0.15) is 0 Å². The van der Waals surface area contributed by atoms with Gasteiger partial charge in [0.1, 0.15) is 25.7 Å². The van der Waals surface area contributed by atoms with Crippen molar-refractivity contribution in [3.63, 3.8) is 0 Å². The van der Waals surface area contributed by atoms with E-state index < -0.39 is 11.5 Å². The normalized spacial score (nSPS) is 35.7. The molecule has 6 nitrogen and oxygen atoms in total. The second kappa shape index (κ2) is 5.83. The monoisotopic (exact) mass is 325 g/mol. The molecule has 2 heterocycles. The minimum atomic E-state index is -0.666. The number of nitrogens with zero attached hydrogens (tertiary/aromatic N) is 1. The lowest BCUT2D eigenvalue weighted by atomic mass is 9.62. The van der Waals surface area contributed by atoms with Crippen LogP contribution >= 0.6 is 0 Å². The van der Waals surface area contributed by atoms with E-state index >= 15 is 0 Å². The molecule has 23 heavy (non-hydrogen) atoms. The van der Waals surface area contributed by atoms with Gasteiger partial charge in [0, 0.05) is 5.92 Å². The number of carbonyl (C=O) groups excluding carboxylic acids is 2. The third-order valence-electron chi connectivity index (χ3n) is 6.63. The molecule has 0 radical (unpaired) electrons. The molecule has 2 N–H and O–H groups in total. The fourth-order valence-corrected chi connectivity index (χ4v) is 4.55. The molecule has 0 unspecified atom stereocenters. The number of aliphatic hydroxyl groups is 1. The van der Waals surface area contributed by atoms with Crippen molar-refractivity contribution in [2.24, 2.45) is 16.7 Å². The van der Waals surface area contributed by atoms with Crippen LogP contribution in [0, 0.1) is 16.7 Å². The number of hydrogen-bond donors (Lipinski definition) is 2. The Labute approximate surface area is 137 Å². The minimum Gasteiger partial charge on any atom is -0.385 e. The number of fused-ring (bicyclic) bond motifs is 2. The molecule has 3 aliphatic rings. The molecule has 3 atom stereocenters. The van der Waals surface area contributed by atoms with Crippen LogP contribution in [0.5, 0.6) is 0 Å². The standard InChI is InChI=1S/C17H28N2O4/c1-16(2)13-4-5-17(16,3)15(22)19(14(13)21)11-12(20)10-18-6-8-23-9-7-18/h12-13,20H,4-11H2,1-3H3/p+1/t12-,13+,17-/m0/s1. The van der Waals surface area contributed by atoms with Crippen LogP contribution in [-0.2, 0) is 14.3 Å². The van der Waals surface area contributed by atoms with Crippen LogP contribution < -0.4 is 4.90 Å². The summed E-state index contributed by atoms with van der Waals surface area (Å²) in [4.78, 5) is 28.3. The molecule has 0 aromatic rings. The number of β-amino-alcohol motifs (C(OH)–C–C–N with tert-alkyl or cyclic N) is 1. The molecule has 1 aliphatic carbocycles. The zero-order chi connectivity index (χ0) is 16.8. The summed E-state index contributed by atoms with van der Waals surface area (Å²) in [5, 5.41) is 10.4. The Morgan fingerprint density at radius 2 is 1.96 bits per heavy atom. The van der Waals surface area contributed by atoms with Crippen molar-refractivity contribution in [2.75, 3.05) is 39.4 Å². The second-order valence-corrected chi connectivity index (χ2v) is 8.12. The Bertz CT molecular complexity index is 501. The lowest BCUT2D eigenvalue weighted by Gasteiger charge is -2.48. The van der Waals surface area contributed by atoms with Gasteiger partial charge in [-0.25, -0.2) is 0 Å². The topological polar surface area (TPSA) is 71.3 Å². The molecule has 2 aliphatic heterocycles. The summed E-state index contributed by atoms with van der Waals surface area (Å²) in [6.07, 6.45) is 0.867. The Kier molecular flexibility index (Phi) is 4.27. The van der Waals surface area contributed by atoms with Crippen molar-refractivity contribution in [1.29, 1.82) is 0 Å². The largest absolute Gasteiger partial charge is 0.385 e. The molecule has 2 bridgehead atoms. The highest BCUT2D eigenvalue weighted by atomic mass is 16.5. The van der Waals surface area contributed by atoms with Crippen LogP contribution in [0.2, 0.25) is 0 Å². The molecule has 0 aromatic heterocycles. The van der Waals surface area contributed by atoms with Crippen LogP contribution in [0.3, 0.4) is 0 Å². The number of morpholine rings is 1. The van der Waals surface area contributed by atoms with Crippen molar-refractivity contribution in [3.8, 4) is 0 Å². The molecule has 6 heteroatoms. The van der Waals surface area contributed by atoms with Crippen LogP contribution in [-0.4, -0.2) is 67.3 Å². The van der Waals surface area contributed by atoms with Crippen molar-refractivity contribution >= 4 is 11.8 Å². The molecular formula is C17H29N2O4+. The fourth-order valence-electron chi connectivity index (χ4n) is 4.55. The molecule has 2 saturated heterocycles. The van der Waals surface area contributed by atoms with Crippen LogP contribution in [0.25, 0.3) is 0 Å². The van der Waals surface area contributed by atoms with E-state index in [0.29, 0.717) is 19.8 Å². The zero-order valence-corrected chi connectivity index (χ0v) is 14.4. The quantitative estimate of drug-likeness (QED) is 0.656. The summed E-state index contributed by atoms with van der Waals surface area (Å²) in [7, 11) is 0. The van der Waals surface area contributed by atoms with Crippen molar-refractivity contribution < 1.29 is 24.3 Å². The van der Waals surface area contributed by atoms with Gasteiger partial charge < -0.3 is 14.7 Å². The van der Waals surface area contributed by atoms with E-state index in [4.69, 9.17) is 4.74 Å². The van der Waals surface area contributed by atoms with Gasteiger partial charge in [-0.15, -0.1) is 0 Å². The Morgan fingerprint density at radius 1 is 1.30 bits per heavy atom. The predicted octanol–water partition coefficient (Wildman–Crippen LogP) is -0.926. The Morgan fingerprint density at radius 3 is 2.61 bits per heavy atom. The lowest BCUT2D eigenvalue weighted by molar-refractivity contribution is -0.910. The van der Waals surface area contributed by atoms with Gasteiger partial charge >= 0.3 is 0 Å². The number of hydrogen-bond acceptors (Lipinski definition) is 4. The first-order chi connectivity index (χ1) is 10.8. The van der Waals surface area contributed by atoms with Gasteiger partial charge in [-0.3, -0.25) is 14.5 Å². The van der Waals surface area contributed by atoms with E-state index in [1.165, 1.54) is 9.80 Å². The predicted molar refractivity (Wildman–Crippen MR) is 83.7 cm³/mol. The van der Waals surface area contributed by atoms with E-state index in [1.54, 1.807) is 0 Å². The van der Waals surface area contributed by atoms with E-state index in [-0.39, 0.29) is 29.7 Å². The Hall–Kier alpha value is -0.980. The van der Waals surface area contributed by atoms with Gasteiger partial charge in [0.15, 0.2) is 0 Å². The second-order valence-electron chi connectivity index (χ2n) is 8.12. The first-order valence-corrected chi connectivity index (χ1v) is 8.72. The smallest absolute Gasteiger partial charge is 0.235 e. The van der Waals surface area contributed by atoms with Crippen LogP contribution in [0.4, 0.5) is 0 Å². The highest BCUT2D eigenvalue weighted by molar-refractivity contribution is 6.03. The average molecular weight is 325 g/mol. The first kappa shape index (κ1) is 16.9. The van der Waals surface area contributed by atoms with E-state index in [1.807, 2.05) is 20.8 Å². The lowest BCUT2D eigenvalue weighted by Crippen LogP contribution is -3.15. The van der Waals surface area contributed by atoms with Gasteiger partial charge in [0.05, 0.1) is 25.2 Å².